The minimum Gasteiger partial charge on any atom is -0.449 e. The van der Waals surface area contributed by atoms with Crippen LogP contribution in [0.5, 0.6) is 0 Å². The number of ketones is 1. The van der Waals surface area contributed by atoms with Crippen molar-refractivity contribution in [3.63, 3.8) is 0 Å². The Labute approximate surface area is 175 Å². The van der Waals surface area contributed by atoms with Crippen LogP contribution < -0.4 is 10.6 Å². The number of rotatable bonds is 12. The van der Waals surface area contributed by atoms with Crippen LogP contribution in [-0.2, 0) is 19.1 Å². The summed E-state index contributed by atoms with van der Waals surface area (Å²) in [6.07, 6.45) is 6.20. The Morgan fingerprint density at radius 2 is 1.48 bits per heavy atom. The van der Waals surface area contributed by atoms with Crippen LogP contribution in [0.3, 0.4) is 0 Å². The highest BCUT2D eigenvalue weighted by atomic mass is 16.5. The second-order valence-electron chi connectivity index (χ2n) is 9.02. The summed E-state index contributed by atoms with van der Waals surface area (Å²) >= 11 is 0. The standard InChI is InChI=1S/C22H40N2O5/c1-15(2)11-18(20(25)14-28-5)23-21(26)19(12-16(3)4)24-22(27)29-13-17-9-7-6-8-10-17/h15-19H,6-14H2,1-5H3,(H,23,26)(H,24,27)/t18-,19-/m0/s1. The molecule has 2 amide bonds. The van der Waals surface area contributed by atoms with Gasteiger partial charge in [0.2, 0.25) is 5.91 Å². The van der Waals surface area contributed by atoms with E-state index in [1.807, 2.05) is 27.7 Å². The SMILES string of the molecule is COCC(=O)[C@H](CC(C)C)NC(=O)[C@H](CC(C)C)NC(=O)OCC1CCCCC1. The van der Waals surface area contributed by atoms with Gasteiger partial charge in [-0.25, -0.2) is 4.79 Å². The van der Waals surface area contributed by atoms with Crippen molar-refractivity contribution in [2.24, 2.45) is 17.8 Å². The van der Waals surface area contributed by atoms with Crippen LogP contribution in [0.4, 0.5) is 4.79 Å². The highest BCUT2D eigenvalue weighted by Gasteiger charge is 2.28. The van der Waals surface area contributed by atoms with Gasteiger partial charge in [-0.15, -0.1) is 0 Å². The number of Topliss-reactive ketones (excluding diaryl/α,β-unsaturated/α-hetero) is 1. The van der Waals surface area contributed by atoms with Gasteiger partial charge in [0.25, 0.3) is 0 Å². The number of carbonyl (C=O) groups excluding carboxylic acids is 3. The number of methoxy groups -OCH3 is 1. The first-order valence-electron chi connectivity index (χ1n) is 11.0. The van der Waals surface area contributed by atoms with E-state index in [4.69, 9.17) is 9.47 Å². The van der Waals surface area contributed by atoms with Crippen molar-refractivity contribution >= 4 is 17.8 Å². The molecule has 0 radical (unpaired) electrons. The van der Waals surface area contributed by atoms with Gasteiger partial charge in [-0.3, -0.25) is 9.59 Å². The third-order valence-corrected chi connectivity index (χ3v) is 5.19. The number of nitrogens with one attached hydrogen (secondary N) is 2. The zero-order chi connectivity index (χ0) is 21.8. The minimum atomic E-state index is -0.737. The Kier molecular flexibility index (Phi) is 11.9. The summed E-state index contributed by atoms with van der Waals surface area (Å²) in [6.45, 7) is 8.29. The summed E-state index contributed by atoms with van der Waals surface area (Å²) in [7, 11) is 1.46. The highest BCUT2D eigenvalue weighted by molar-refractivity contribution is 5.92. The van der Waals surface area contributed by atoms with Crippen LogP contribution in [0, 0.1) is 17.8 Å². The maximum absolute atomic E-state index is 12.8. The Hall–Kier alpha value is -1.63. The van der Waals surface area contributed by atoms with Crippen molar-refractivity contribution in [2.75, 3.05) is 20.3 Å². The first-order chi connectivity index (χ1) is 13.7. The van der Waals surface area contributed by atoms with Gasteiger partial charge < -0.3 is 20.1 Å². The summed E-state index contributed by atoms with van der Waals surface area (Å²) in [6, 6.07) is -1.36. The third kappa shape index (κ3) is 10.6. The second kappa shape index (κ2) is 13.6. The first-order valence-corrected chi connectivity index (χ1v) is 11.0. The molecule has 0 heterocycles. The molecule has 0 aromatic carbocycles. The lowest BCUT2D eigenvalue weighted by Gasteiger charge is -2.25. The molecule has 29 heavy (non-hydrogen) atoms. The molecule has 168 valence electrons. The molecule has 0 aliphatic heterocycles. The maximum atomic E-state index is 12.8. The largest absolute Gasteiger partial charge is 0.449 e. The van der Waals surface area contributed by atoms with Gasteiger partial charge in [0, 0.05) is 7.11 Å². The molecule has 7 heteroatoms. The van der Waals surface area contributed by atoms with Crippen molar-refractivity contribution in [3.8, 4) is 0 Å². The van der Waals surface area contributed by atoms with Crippen LogP contribution >= 0.6 is 0 Å². The van der Waals surface area contributed by atoms with E-state index in [-0.39, 0.29) is 30.1 Å². The predicted octanol–water partition coefficient (Wildman–Crippen LogP) is 3.45. The molecule has 0 unspecified atom stereocenters. The summed E-state index contributed by atoms with van der Waals surface area (Å²) < 4.78 is 10.3. The zero-order valence-electron chi connectivity index (χ0n) is 18.8. The zero-order valence-corrected chi connectivity index (χ0v) is 18.8. The van der Waals surface area contributed by atoms with Gasteiger partial charge in [-0.2, -0.15) is 0 Å². The molecule has 1 aliphatic carbocycles. The van der Waals surface area contributed by atoms with Crippen LogP contribution in [0.25, 0.3) is 0 Å². The summed E-state index contributed by atoms with van der Waals surface area (Å²) in [5.41, 5.74) is 0. The maximum Gasteiger partial charge on any atom is 0.407 e. The fourth-order valence-corrected chi connectivity index (χ4v) is 3.69. The molecule has 1 saturated carbocycles. The van der Waals surface area contributed by atoms with Crippen LogP contribution in [0.15, 0.2) is 0 Å². The normalized spacial score (nSPS) is 17.1. The van der Waals surface area contributed by atoms with Gasteiger partial charge in [0.1, 0.15) is 12.6 Å². The second-order valence-corrected chi connectivity index (χ2v) is 9.02. The van der Waals surface area contributed by atoms with Gasteiger partial charge in [-0.05, 0) is 43.4 Å². The van der Waals surface area contributed by atoms with Crippen molar-refractivity contribution in [1.82, 2.24) is 10.6 Å². The fourth-order valence-electron chi connectivity index (χ4n) is 3.69. The molecule has 7 nitrogen and oxygen atoms in total. The Balaban J connectivity index is 2.66. The van der Waals surface area contributed by atoms with E-state index in [0.29, 0.717) is 25.4 Å². The fraction of sp³-hybridized carbons (Fsp3) is 0.864. The highest BCUT2D eigenvalue weighted by Crippen LogP contribution is 2.23. The smallest absolute Gasteiger partial charge is 0.407 e. The van der Waals surface area contributed by atoms with Crippen LogP contribution in [0.1, 0.15) is 72.6 Å². The lowest BCUT2D eigenvalue weighted by molar-refractivity contribution is -0.131. The van der Waals surface area contributed by atoms with E-state index in [2.05, 4.69) is 10.6 Å². The van der Waals surface area contributed by atoms with E-state index in [0.717, 1.165) is 12.8 Å². The monoisotopic (exact) mass is 412 g/mol. The predicted molar refractivity (Wildman–Crippen MR) is 113 cm³/mol. The molecule has 1 aliphatic rings. The van der Waals surface area contributed by atoms with Gasteiger partial charge in [-0.1, -0.05) is 47.0 Å². The number of carbonyl (C=O) groups is 3. The van der Waals surface area contributed by atoms with E-state index in [1.54, 1.807) is 0 Å². The van der Waals surface area contributed by atoms with Crippen LogP contribution in [-0.4, -0.2) is 50.2 Å². The molecule has 0 bridgehead atoms. The molecule has 0 aromatic heterocycles. The summed E-state index contributed by atoms with van der Waals surface area (Å²) in [4.78, 5) is 37.4. The molecule has 2 N–H and O–H groups in total. The van der Waals surface area contributed by atoms with Crippen LogP contribution in [0.2, 0.25) is 0 Å². The Morgan fingerprint density at radius 1 is 0.897 bits per heavy atom. The van der Waals surface area contributed by atoms with E-state index >= 15 is 0 Å². The van der Waals surface area contributed by atoms with Crippen molar-refractivity contribution in [2.45, 2.75) is 84.7 Å². The molecule has 1 rings (SSSR count). The van der Waals surface area contributed by atoms with Gasteiger partial charge >= 0.3 is 6.09 Å². The minimum absolute atomic E-state index is 0.0522. The van der Waals surface area contributed by atoms with Gasteiger partial charge in [0.15, 0.2) is 5.78 Å². The Bertz CT molecular complexity index is 515. The van der Waals surface area contributed by atoms with E-state index in [9.17, 15) is 14.4 Å². The summed E-state index contributed by atoms with van der Waals surface area (Å²) in [5, 5.41) is 5.51. The number of hydrogen-bond acceptors (Lipinski definition) is 5. The molecule has 0 spiro atoms. The molecule has 1 fully saturated rings. The molecule has 0 saturated heterocycles. The van der Waals surface area contributed by atoms with Crippen molar-refractivity contribution in [1.29, 1.82) is 0 Å². The van der Waals surface area contributed by atoms with Gasteiger partial charge in [0.05, 0.1) is 12.6 Å². The summed E-state index contributed by atoms with van der Waals surface area (Å²) in [5.74, 6) is 0.316. The number of amides is 2. The molecule has 2 atom stereocenters. The molecule has 0 aromatic rings. The number of hydrogen-bond donors (Lipinski definition) is 2. The topological polar surface area (TPSA) is 93.7 Å². The van der Waals surface area contributed by atoms with E-state index in [1.165, 1.54) is 26.4 Å². The first kappa shape index (κ1) is 25.4. The quantitative estimate of drug-likeness (QED) is 0.512. The van der Waals surface area contributed by atoms with Crippen molar-refractivity contribution < 1.29 is 23.9 Å². The lowest BCUT2D eigenvalue weighted by atomic mass is 9.90. The average molecular weight is 413 g/mol. The number of alkyl carbamates (subject to hydrolysis) is 1. The number of ether oxygens (including phenoxy) is 2. The molecular formula is C22H40N2O5. The van der Waals surface area contributed by atoms with Crippen molar-refractivity contribution in [3.05, 3.63) is 0 Å². The lowest BCUT2D eigenvalue weighted by Crippen LogP contribution is -2.53. The third-order valence-electron chi connectivity index (χ3n) is 5.19. The molecular weight excluding hydrogens is 372 g/mol. The van der Waals surface area contributed by atoms with E-state index < -0.39 is 18.2 Å². The Morgan fingerprint density at radius 3 is 2.03 bits per heavy atom. The average Bonchev–Trinajstić information content (AvgIpc) is 2.65.